The van der Waals surface area contributed by atoms with Gasteiger partial charge in [-0.3, -0.25) is 10.1 Å². The molecule has 74 valence electrons. The van der Waals surface area contributed by atoms with Gasteiger partial charge in [-0.15, -0.1) is 0 Å². The summed E-state index contributed by atoms with van der Waals surface area (Å²) in [4.78, 5) is 20.4. The molecular formula is C7H5NO5S. The summed E-state index contributed by atoms with van der Waals surface area (Å²) in [5.41, 5.74) is -0.907. The van der Waals surface area contributed by atoms with Crippen LogP contribution in [-0.4, -0.2) is 25.1 Å². The molecule has 0 aromatic carbocycles. The predicted octanol–water partition coefficient (Wildman–Crippen LogP) is -0.0529. The predicted molar refractivity (Wildman–Crippen MR) is 48.6 cm³/mol. The van der Waals surface area contributed by atoms with Gasteiger partial charge in [0.2, 0.25) is 0 Å². The van der Waals surface area contributed by atoms with Crippen molar-refractivity contribution in [2.24, 2.45) is 0 Å². The van der Waals surface area contributed by atoms with Gasteiger partial charge in [0.05, 0.1) is 21.0 Å². The minimum absolute atomic E-state index is 0.129. The van der Waals surface area contributed by atoms with E-state index < -0.39 is 16.6 Å². The number of hydrogen-bond donors (Lipinski definition) is 1. The monoisotopic (exact) mass is 215 g/mol. The Bertz CT molecular complexity index is 416. The summed E-state index contributed by atoms with van der Waals surface area (Å²) in [5.74, 6) is -1.36. The Labute approximate surface area is 81.8 Å². The average Bonchev–Trinajstić information content (AvgIpc) is 2.16. The molecule has 1 rings (SSSR count). The van der Waals surface area contributed by atoms with Gasteiger partial charge in [-0.2, -0.15) is 0 Å². The number of allylic oxidation sites excluding steroid dienone is 2. The number of hydrogen-bond acceptors (Lipinski definition) is 4. The van der Waals surface area contributed by atoms with Crippen LogP contribution in [0.1, 0.15) is 6.42 Å². The van der Waals surface area contributed by atoms with Crippen molar-refractivity contribution in [3.05, 3.63) is 33.5 Å². The minimum Gasteiger partial charge on any atom is -0.477 e. The number of carboxylic acid groups (broad SMARTS) is 1. The molecule has 1 N–H and O–H groups in total. The highest BCUT2D eigenvalue weighted by molar-refractivity contribution is 7.66. The van der Waals surface area contributed by atoms with Crippen molar-refractivity contribution in [1.29, 1.82) is 0 Å². The fourth-order valence-electron chi connectivity index (χ4n) is 1.00. The second-order valence-corrected chi connectivity index (χ2v) is 3.15. The molecule has 0 amide bonds. The lowest BCUT2D eigenvalue weighted by Crippen LogP contribution is -2.16. The van der Waals surface area contributed by atoms with Gasteiger partial charge in [0.25, 0.3) is 5.70 Å². The first-order chi connectivity index (χ1) is 6.56. The highest BCUT2D eigenvalue weighted by Gasteiger charge is 2.27. The fraction of sp³-hybridized carbons (Fsp3) is 0.143. The number of carbonyl (C=O) groups is 1. The van der Waals surface area contributed by atoms with Crippen LogP contribution in [0.5, 0.6) is 0 Å². The Hall–Kier alpha value is -1.76. The molecule has 0 saturated carbocycles. The van der Waals surface area contributed by atoms with Crippen molar-refractivity contribution in [1.82, 2.24) is 0 Å². The van der Waals surface area contributed by atoms with E-state index in [2.05, 4.69) is 0 Å². The van der Waals surface area contributed by atoms with Gasteiger partial charge in [0.1, 0.15) is 5.57 Å². The molecule has 0 saturated heterocycles. The van der Waals surface area contributed by atoms with E-state index in [-0.39, 0.29) is 28.1 Å². The number of nitro groups is 1. The molecule has 0 unspecified atom stereocenters. The van der Waals surface area contributed by atoms with Gasteiger partial charge in [-0.25, -0.2) is 9.00 Å². The summed E-state index contributed by atoms with van der Waals surface area (Å²) in [6, 6.07) is 0. The van der Waals surface area contributed by atoms with Crippen LogP contribution in [0.4, 0.5) is 0 Å². The lowest BCUT2D eigenvalue weighted by Gasteiger charge is -2.04. The van der Waals surface area contributed by atoms with E-state index in [1.54, 1.807) is 0 Å². The maximum absolute atomic E-state index is 10.6. The summed E-state index contributed by atoms with van der Waals surface area (Å²) in [5, 5.41) is 19.0. The Kier molecular flexibility index (Phi) is 2.92. The molecule has 1 aliphatic carbocycles. The lowest BCUT2D eigenvalue weighted by atomic mass is 10.0. The molecule has 0 fully saturated rings. The summed E-state index contributed by atoms with van der Waals surface area (Å²) in [7, 11) is 0. The van der Waals surface area contributed by atoms with E-state index in [1.807, 2.05) is 0 Å². The zero-order chi connectivity index (χ0) is 10.7. The number of aliphatic carboxylic acids is 1. The van der Waals surface area contributed by atoms with Gasteiger partial charge in [-0.1, -0.05) is 6.08 Å². The number of carboxylic acids is 1. The molecule has 0 atom stereocenters. The van der Waals surface area contributed by atoms with Crippen LogP contribution in [0.15, 0.2) is 23.4 Å². The number of nitrogens with zero attached hydrogens (tertiary/aromatic N) is 1. The van der Waals surface area contributed by atoms with Crippen molar-refractivity contribution in [3.63, 3.8) is 0 Å². The molecule has 0 heterocycles. The van der Waals surface area contributed by atoms with E-state index in [0.717, 1.165) is 6.08 Å². The normalized spacial score (nSPS) is 15.6. The van der Waals surface area contributed by atoms with E-state index >= 15 is 0 Å². The Morgan fingerprint density at radius 1 is 1.64 bits per heavy atom. The summed E-state index contributed by atoms with van der Waals surface area (Å²) in [6.45, 7) is 0. The third-order valence-electron chi connectivity index (χ3n) is 1.62. The molecule has 0 aromatic heterocycles. The van der Waals surface area contributed by atoms with Gasteiger partial charge in [0, 0.05) is 12.5 Å². The molecule has 0 aliphatic heterocycles. The second kappa shape index (κ2) is 3.97. The van der Waals surface area contributed by atoms with Crippen LogP contribution < -0.4 is 0 Å². The van der Waals surface area contributed by atoms with Gasteiger partial charge in [-0.05, 0) is 0 Å². The lowest BCUT2D eigenvalue weighted by molar-refractivity contribution is -0.420. The topological polar surface area (TPSA) is 97.5 Å². The third-order valence-corrected chi connectivity index (χ3v) is 2.11. The molecule has 0 aromatic rings. The zero-order valence-corrected chi connectivity index (χ0v) is 7.61. The first kappa shape index (κ1) is 10.3. The van der Waals surface area contributed by atoms with Gasteiger partial charge >= 0.3 is 5.97 Å². The van der Waals surface area contributed by atoms with Crippen molar-refractivity contribution in [2.45, 2.75) is 6.42 Å². The van der Waals surface area contributed by atoms with Gasteiger partial charge in [0.15, 0.2) is 0 Å². The zero-order valence-electron chi connectivity index (χ0n) is 6.80. The Morgan fingerprint density at radius 3 is 2.71 bits per heavy atom. The SMILES string of the molecule is O=S=C1C=C([N+](=O)[O-])C(C(=O)O)=CC1. The second-order valence-electron chi connectivity index (χ2n) is 2.46. The largest absolute Gasteiger partial charge is 0.477 e. The molecule has 0 spiro atoms. The Morgan fingerprint density at radius 2 is 2.29 bits per heavy atom. The average molecular weight is 215 g/mol. The molecule has 14 heavy (non-hydrogen) atoms. The first-order valence-electron chi connectivity index (χ1n) is 3.52. The quantitative estimate of drug-likeness (QED) is 0.395. The first-order valence-corrected chi connectivity index (χ1v) is 4.26. The van der Waals surface area contributed by atoms with E-state index in [4.69, 9.17) is 5.11 Å². The third kappa shape index (κ3) is 1.94. The molecule has 7 heteroatoms. The highest BCUT2D eigenvalue weighted by atomic mass is 32.1. The van der Waals surface area contributed by atoms with Crippen molar-refractivity contribution in [2.75, 3.05) is 0 Å². The summed E-state index contributed by atoms with van der Waals surface area (Å²) in [6.07, 6.45) is 2.30. The molecule has 0 radical (unpaired) electrons. The van der Waals surface area contributed by atoms with Crippen LogP contribution in [0.25, 0.3) is 0 Å². The van der Waals surface area contributed by atoms with Crippen LogP contribution >= 0.6 is 0 Å². The molecule has 0 bridgehead atoms. The smallest absolute Gasteiger partial charge is 0.342 e. The summed E-state index contributed by atoms with van der Waals surface area (Å²) >= 11 is 0.129. The van der Waals surface area contributed by atoms with E-state index in [9.17, 15) is 19.1 Å². The molecule has 1 aliphatic rings. The van der Waals surface area contributed by atoms with E-state index in [0.29, 0.717) is 0 Å². The number of rotatable bonds is 2. The van der Waals surface area contributed by atoms with Crippen LogP contribution in [0, 0.1) is 10.1 Å². The van der Waals surface area contributed by atoms with Crippen molar-refractivity contribution < 1.29 is 19.0 Å². The van der Waals surface area contributed by atoms with Crippen LogP contribution in [0.3, 0.4) is 0 Å². The van der Waals surface area contributed by atoms with Crippen LogP contribution in [0.2, 0.25) is 0 Å². The van der Waals surface area contributed by atoms with Gasteiger partial charge < -0.3 is 5.11 Å². The minimum atomic E-state index is -1.36. The standard InChI is InChI=1S/C7H5NO5S/c9-7(10)5-2-1-4(14-13)3-6(5)8(11)12/h2-3H,1H2,(H,9,10). The van der Waals surface area contributed by atoms with Crippen molar-refractivity contribution >= 4 is 22.1 Å². The highest BCUT2D eigenvalue weighted by Crippen LogP contribution is 2.17. The summed E-state index contributed by atoms with van der Waals surface area (Å²) < 4.78 is 10.4. The van der Waals surface area contributed by atoms with Crippen LogP contribution in [-0.2, 0) is 16.1 Å². The fourth-order valence-corrected chi connectivity index (χ4v) is 1.31. The molecule has 6 nitrogen and oxygen atoms in total. The van der Waals surface area contributed by atoms with Crippen molar-refractivity contribution in [3.8, 4) is 0 Å². The van der Waals surface area contributed by atoms with E-state index in [1.165, 1.54) is 6.08 Å². The Balaban J connectivity index is 3.20. The molecular weight excluding hydrogens is 210 g/mol. The maximum Gasteiger partial charge on any atom is 0.342 e. The maximum atomic E-state index is 10.6.